The molecule has 0 unspecified atom stereocenters. The molecule has 1 amide bonds. The van der Waals surface area contributed by atoms with Crippen molar-refractivity contribution >= 4 is 6.09 Å². The number of halogens is 3. The summed E-state index contributed by atoms with van der Waals surface area (Å²) in [7, 11) is 0. The van der Waals surface area contributed by atoms with Gasteiger partial charge in [-0.25, -0.2) is 4.79 Å². The third-order valence-electron chi connectivity index (χ3n) is 4.26. The van der Waals surface area contributed by atoms with Crippen molar-refractivity contribution in [2.75, 3.05) is 13.2 Å². The van der Waals surface area contributed by atoms with Crippen LogP contribution in [0.2, 0.25) is 0 Å². The fraction of sp³-hybridized carbons (Fsp3) is 0.611. The maximum atomic E-state index is 12.0. The van der Waals surface area contributed by atoms with E-state index >= 15 is 0 Å². The van der Waals surface area contributed by atoms with E-state index in [1.807, 2.05) is 30.3 Å². The van der Waals surface area contributed by atoms with E-state index < -0.39 is 18.7 Å². The summed E-state index contributed by atoms with van der Waals surface area (Å²) in [6.07, 6.45) is -2.28. The maximum absolute atomic E-state index is 12.0. The lowest BCUT2D eigenvalue weighted by Gasteiger charge is -2.28. The van der Waals surface area contributed by atoms with Crippen LogP contribution in [-0.2, 0) is 16.1 Å². The Hall–Kier alpha value is -1.76. The number of carbonyl (C=O) groups excluding carboxylic acids is 1. The maximum Gasteiger partial charge on any atom is 0.407 e. The molecule has 0 bridgehead atoms. The van der Waals surface area contributed by atoms with E-state index in [0.29, 0.717) is 6.61 Å². The minimum absolute atomic E-state index is 0.0506. The molecule has 1 saturated carbocycles. The first-order chi connectivity index (χ1) is 11.9. The quantitative estimate of drug-likeness (QED) is 0.732. The molecular formula is C18H24F3NO3. The molecule has 1 aromatic carbocycles. The lowest BCUT2D eigenvalue weighted by Crippen LogP contribution is -2.38. The SMILES string of the molecule is O=C(NC1CCC(COCCC(F)(F)F)CC1)OCc1ccccc1. The van der Waals surface area contributed by atoms with Gasteiger partial charge in [0.15, 0.2) is 0 Å². The van der Waals surface area contributed by atoms with Gasteiger partial charge in [0.1, 0.15) is 6.61 Å². The van der Waals surface area contributed by atoms with Crippen molar-refractivity contribution < 1.29 is 27.4 Å². The highest BCUT2D eigenvalue weighted by molar-refractivity contribution is 5.67. The van der Waals surface area contributed by atoms with Crippen molar-refractivity contribution in [1.82, 2.24) is 5.32 Å². The zero-order chi connectivity index (χ0) is 18.1. The molecular weight excluding hydrogens is 335 g/mol. The van der Waals surface area contributed by atoms with Crippen LogP contribution in [0.3, 0.4) is 0 Å². The van der Waals surface area contributed by atoms with Crippen LogP contribution in [0.1, 0.15) is 37.7 Å². The molecule has 0 saturated heterocycles. The van der Waals surface area contributed by atoms with Crippen LogP contribution in [0, 0.1) is 5.92 Å². The molecule has 0 radical (unpaired) electrons. The Morgan fingerprint density at radius 2 is 1.80 bits per heavy atom. The molecule has 0 aliphatic heterocycles. The number of rotatable bonds is 7. The summed E-state index contributed by atoms with van der Waals surface area (Å²) in [5.41, 5.74) is 0.928. The average molecular weight is 359 g/mol. The molecule has 0 heterocycles. The van der Waals surface area contributed by atoms with Gasteiger partial charge in [0.2, 0.25) is 0 Å². The highest BCUT2D eigenvalue weighted by Crippen LogP contribution is 2.25. The van der Waals surface area contributed by atoms with Gasteiger partial charge in [-0.05, 0) is 37.2 Å². The number of ether oxygens (including phenoxy) is 2. The highest BCUT2D eigenvalue weighted by atomic mass is 19.4. The van der Waals surface area contributed by atoms with Crippen LogP contribution in [0.15, 0.2) is 30.3 Å². The van der Waals surface area contributed by atoms with Crippen LogP contribution in [0.5, 0.6) is 0 Å². The molecule has 1 N–H and O–H groups in total. The molecule has 25 heavy (non-hydrogen) atoms. The predicted molar refractivity (Wildman–Crippen MR) is 87.0 cm³/mol. The molecule has 7 heteroatoms. The Kier molecular flexibility index (Phi) is 7.55. The third kappa shape index (κ3) is 8.25. The van der Waals surface area contributed by atoms with E-state index in [2.05, 4.69) is 5.32 Å². The Morgan fingerprint density at radius 3 is 2.44 bits per heavy atom. The smallest absolute Gasteiger partial charge is 0.407 e. The second kappa shape index (κ2) is 9.65. The number of benzene rings is 1. The van der Waals surface area contributed by atoms with Crippen LogP contribution < -0.4 is 5.32 Å². The van der Waals surface area contributed by atoms with Crippen molar-refractivity contribution in [3.8, 4) is 0 Å². The van der Waals surface area contributed by atoms with Crippen LogP contribution in [0.25, 0.3) is 0 Å². The summed E-state index contributed by atoms with van der Waals surface area (Å²) >= 11 is 0. The van der Waals surface area contributed by atoms with Gasteiger partial charge in [0.25, 0.3) is 0 Å². The van der Waals surface area contributed by atoms with Crippen molar-refractivity contribution in [2.24, 2.45) is 5.92 Å². The van der Waals surface area contributed by atoms with Gasteiger partial charge in [-0.15, -0.1) is 0 Å². The van der Waals surface area contributed by atoms with Crippen molar-refractivity contribution in [3.63, 3.8) is 0 Å². The molecule has 0 atom stereocenters. The highest BCUT2D eigenvalue weighted by Gasteiger charge is 2.27. The zero-order valence-corrected chi connectivity index (χ0v) is 14.1. The number of hydrogen-bond acceptors (Lipinski definition) is 3. The first-order valence-electron chi connectivity index (χ1n) is 8.54. The standard InChI is InChI=1S/C18H24F3NO3/c19-18(20,21)10-11-24-12-15-6-8-16(9-7-15)22-17(23)25-13-14-4-2-1-3-5-14/h1-5,15-16H,6-13H2,(H,22,23). The van der Waals surface area contributed by atoms with Crippen molar-refractivity contribution in [2.45, 2.75) is 50.9 Å². The zero-order valence-electron chi connectivity index (χ0n) is 14.1. The second-order valence-electron chi connectivity index (χ2n) is 6.36. The van der Waals surface area contributed by atoms with E-state index in [-0.39, 0.29) is 25.2 Å². The van der Waals surface area contributed by atoms with E-state index in [0.717, 1.165) is 31.2 Å². The van der Waals surface area contributed by atoms with Crippen LogP contribution in [-0.4, -0.2) is 31.5 Å². The lowest BCUT2D eigenvalue weighted by molar-refractivity contribution is -0.146. The second-order valence-corrected chi connectivity index (χ2v) is 6.36. The van der Waals surface area contributed by atoms with Crippen LogP contribution in [0.4, 0.5) is 18.0 Å². The summed E-state index contributed by atoms with van der Waals surface area (Å²) in [5, 5.41) is 2.85. The van der Waals surface area contributed by atoms with Gasteiger partial charge in [-0.2, -0.15) is 13.2 Å². The van der Waals surface area contributed by atoms with Crippen LogP contribution >= 0.6 is 0 Å². The Labute approximate surface area is 145 Å². The number of hydrogen-bond donors (Lipinski definition) is 1. The summed E-state index contributed by atoms with van der Waals surface area (Å²) in [5.74, 6) is 0.256. The Bertz CT molecular complexity index is 514. The molecule has 0 aromatic heterocycles. The first-order valence-corrected chi connectivity index (χ1v) is 8.54. The van der Waals surface area contributed by atoms with Crippen molar-refractivity contribution in [3.05, 3.63) is 35.9 Å². The summed E-state index contributed by atoms with van der Waals surface area (Å²) < 4.78 is 46.4. The summed E-state index contributed by atoms with van der Waals surface area (Å²) in [4.78, 5) is 11.8. The van der Waals surface area contributed by atoms with E-state index in [9.17, 15) is 18.0 Å². The van der Waals surface area contributed by atoms with Crippen molar-refractivity contribution in [1.29, 1.82) is 0 Å². The normalized spacial score (nSPS) is 20.9. The molecule has 2 rings (SSSR count). The molecule has 4 nitrogen and oxygen atoms in total. The number of carbonyl (C=O) groups is 1. The lowest BCUT2D eigenvalue weighted by atomic mass is 9.86. The first kappa shape index (κ1) is 19.6. The van der Waals surface area contributed by atoms with Gasteiger partial charge >= 0.3 is 12.3 Å². The van der Waals surface area contributed by atoms with E-state index in [1.54, 1.807) is 0 Å². The largest absolute Gasteiger partial charge is 0.445 e. The summed E-state index contributed by atoms with van der Waals surface area (Å²) in [6.45, 7) is 0.295. The fourth-order valence-electron chi connectivity index (χ4n) is 2.84. The minimum atomic E-state index is -4.16. The molecule has 1 fully saturated rings. The molecule has 1 aliphatic rings. The van der Waals surface area contributed by atoms with Gasteiger partial charge in [0, 0.05) is 12.6 Å². The van der Waals surface area contributed by atoms with E-state index in [1.165, 1.54) is 0 Å². The third-order valence-corrected chi connectivity index (χ3v) is 4.26. The number of amides is 1. The Morgan fingerprint density at radius 1 is 1.12 bits per heavy atom. The minimum Gasteiger partial charge on any atom is -0.445 e. The summed E-state index contributed by atoms with van der Waals surface area (Å²) in [6, 6.07) is 9.49. The molecule has 140 valence electrons. The van der Waals surface area contributed by atoms with Gasteiger partial charge in [-0.3, -0.25) is 0 Å². The topological polar surface area (TPSA) is 47.6 Å². The molecule has 0 spiro atoms. The number of nitrogens with one attached hydrogen (secondary N) is 1. The monoisotopic (exact) mass is 359 g/mol. The fourth-order valence-corrected chi connectivity index (χ4v) is 2.84. The number of alkyl carbamates (subject to hydrolysis) is 1. The van der Waals surface area contributed by atoms with Gasteiger partial charge in [0.05, 0.1) is 13.0 Å². The van der Waals surface area contributed by atoms with Gasteiger partial charge in [-0.1, -0.05) is 30.3 Å². The van der Waals surface area contributed by atoms with E-state index in [4.69, 9.17) is 9.47 Å². The number of alkyl halides is 3. The van der Waals surface area contributed by atoms with Gasteiger partial charge < -0.3 is 14.8 Å². The molecule has 1 aliphatic carbocycles. The Balaban J connectivity index is 1.56. The predicted octanol–water partition coefficient (Wildman–Crippen LogP) is 4.44. The molecule has 1 aromatic rings. The average Bonchev–Trinajstić information content (AvgIpc) is 2.58.